The average Bonchev–Trinajstić information content (AvgIpc) is 3.30. The van der Waals surface area contributed by atoms with Gasteiger partial charge >= 0.3 is 0 Å². The number of nitrogens with one attached hydrogen (secondary N) is 2. The number of amides is 1. The first-order valence-corrected chi connectivity index (χ1v) is 13.4. The van der Waals surface area contributed by atoms with Crippen molar-refractivity contribution in [1.29, 1.82) is 5.41 Å². The first kappa shape index (κ1) is 26.8. The quantitative estimate of drug-likeness (QED) is 0.208. The number of aryl methyl sites for hydroxylation is 2. The molecule has 1 aromatic carbocycles. The monoisotopic (exact) mass is 525 g/mol. The molecule has 0 saturated carbocycles. The van der Waals surface area contributed by atoms with Crippen LogP contribution in [-0.2, 0) is 22.4 Å². The molecule has 1 aliphatic carbocycles. The Kier molecular flexibility index (Phi) is 8.91. The number of hydrogen-bond acceptors (Lipinski definition) is 10. The number of fused-ring (bicyclic) bond motifs is 3. The van der Waals surface area contributed by atoms with E-state index >= 15 is 0 Å². The van der Waals surface area contributed by atoms with E-state index in [-0.39, 0.29) is 12.1 Å². The molecule has 3 aromatic rings. The minimum Gasteiger partial charge on any atom is -0.487 e. The largest absolute Gasteiger partial charge is 0.487 e. The number of ether oxygens (including phenoxy) is 2. The molecule has 198 valence electrons. The summed E-state index contributed by atoms with van der Waals surface area (Å²) in [5.74, 6) is 1.35. The minimum absolute atomic E-state index is 0.162. The fourth-order valence-electron chi connectivity index (χ4n) is 4.41. The number of thiophene rings is 1. The highest BCUT2D eigenvalue weighted by Crippen LogP contribution is 2.40. The van der Waals surface area contributed by atoms with E-state index in [1.165, 1.54) is 29.5 Å². The van der Waals surface area contributed by atoms with Crippen molar-refractivity contribution in [2.45, 2.75) is 51.7 Å². The third kappa shape index (κ3) is 6.17. The molecule has 0 radical (unpaired) electrons. The van der Waals surface area contributed by atoms with Crippen LogP contribution in [0.15, 0.2) is 18.5 Å². The van der Waals surface area contributed by atoms with Crippen molar-refractivity contribution in [2.24, 2.45) is 5.73 Å². The lowest BCUT2D eigenvalue weighted by molar-refractivity contribution is -0.125. The molecular weight excluding hydrogens is 490 g/mol. The predicted molar refractivity (Wildman–Crippen MR) is 148 cm³/mol. The zero-order valence-electron chi connectivity index (χ0n) is 21.3. The molecule has 2 aromatic heterocycles. The zero-order chi connectivity index (χ0) is 26.4. The number of nitrogens with zero attached hydrogens (tertiary/aromatic N) is 3. The van der Waals surface area contributed by atoms with Crippen LogP contribution < -0.4 is 21.5 Å². The number of carbonyl (C=O) groups excluding carboxylic acids is 1. The van der Waals surface area contributed by atoms with Crippen molar-refractivity contribution in [3.63, 3.8) is 0 Å². The van der Waals surface area contributed by atoms with Gasteiger partial charge in [0, 0.05) is 41.5 Å². The number of rotatable bonds is 7. The van der Waals surface area contributed by atoms with Crippen LogP contribution >= 0.6 is 11.3 Å². The topological polar surface area (TPSA) is 152 Å². The predicted octanol–water partition coefficient (Wildman–Crippen LogP) is 3.48. The summed E-state index contributed by atoms with van der Waals surface area (Å²) in [4.78, 5) is 23.4. The van der Waals surface area contributed by atoms with E-state index in [2.05, 4.69) is 15.3 Å². The molecule has 6 N–H and O–H groups in total. The van der Waals surface area contributed by atoms with Crippen LogP contribution in [-0.4, -0.2) is 65.9 Å². The fourth-order valence-corrected chi connectivity index (χ4v) is 5.64. The molecule has 5 rings (SSSR count). The van der Waals surface area contributed by atoms with Crippen LogP contribution in [0.5, 0.6) is 5.75 Å². The Hall–Kier alpha value is -3.28. The zero-order valence-corrected chi connectivity index (χ0v) is 22.1. The third-order valence-electron chi connectivity index (χ3n) is 6.56. The van der Waals surface area contributed by atoms with Crippen LogP contribution in [0.2, 0.25) is 0 Å². The highest BCUT2D eigenvalue weighted by atomic mass is 32.1. The van der Waals surface area contributed by atoms with Gasteiger partial charge in [0.1, 0.15) is 28.8 Å². The molecular formula is C26H35N7O3S. The Morgan fingerprint density at radius 1 is 1.35 bits per heavy atom. The number of hydrogen-bond donors (Lipinski definition) is 4. The molecule has 2 atom stereocenters. The number of carbonyl (C=O) groups is 1. The number of aromatic nitrogens is 2. The maximum absolute atomic E-state index is 10.2. The summed E-state index contributed by atoms with van der Waals surface area (Å²) in [6.07, 6.45) is 8.12. The summed E-state index contributed by atoms with van der Waals surface area (Å²) >= 11 is 1.76. The van der Waals surface area contributed by atoms with E-state index in [9.17, 15) is 4.79 Å². The number of nitrogen functional groups attached to an aromatic ring is 1. The summed E-state index contributed by atoms with van der Waals surface area (Å²) in [7, 11) is 0. The SMILES string of the molecule is CC(CN)Oc1cc(N)c(C=N)cc1Nc1ncnc2sc3c(c12)CCCC3.CC1COCCN1C=O. The van der Waals surface area contributed by atoms with Gasteiger partial charge in [-0.2, -0.15) is 0 Å². The van der Waals surface area contributed by atoms with Gasteiger partial charge in [-0.15, -0.1) is 11.3 Å². The molecule has 2 aliphatic rings. The summed E-state index contributed by atoms with van der Waals surface area (Å²) in [5, 5.41) is 12.1. The van der Waals surface area contributed by atoms with Crippen LogP contribution in [0.1, 0.15) is 42.7 Å². The van der Waals surface area contributed by atoms with Crippen molar-refractivity contribution < 1.29 is 14.3 Å². The number of nitrogens with two attached hydrogens (primary N) is 2. The van der Waals surface area contributed by atoms with Gasteiger partial charge in [-0.1, -0.05) is 0 Å². The van der Waals surface area contributed by atoms with Crippen molar-refractivity contribution in [3.8, 4) is 5.75 Å². The molecule has 11 heteroatoms. The Labute approximate surface area is 220 Å². The number of benzene rings is 1. The van der Waals surface area contributed by atoms with Crippen LogP contribution in [0.3, 0.4) is 0 Å². The molecule has 1 amide bonds. The highest BCUT2D eigenvalue weighted by molar-refractivity contribution is 7.19. The van der Waals surface area contributed by atoms with Gasteiger partial charge in [0.15, 0.2) is 0 Å². The van der Waals surface area contributed by atoms with E-state index in [1.54, 1.807) is 28.6 Å². The molecule has 10 nitrogen and oxygen atoms in total. The van der Waals surface area contributed by atoms with Gasteiger partial charge in [0.2, 0.25) is 6.41 Å². The standard InChI is InChI=1S/C20H24N6OS.C6H11NO2/c1-11(8-21)27-16-7-14(23)12(9-22)6-15(16)26-19-18-13-4-2-3-5-17(13)28-20(18)25-10-24-19;1-6-4-9-3-2-7(6)5-8/h6-7,9-11,22H,2-5,8,21,23H2,1H3,(H,24,25,26);5-6H,2-4H2,1H3. The van der Waals surface area contributed by atoms with Gasteiger partial charge in [-0.3, -0.25) is 4.79 Å². The van der Waals surface area contributed by atoms with Gasteiger partial charge < -0.3 is 36.6 Å². The molecule has 2 unspecified atom stereocenters. The van der Waals surface area contributed by atoms with E-state index in [0.29, 0.717) is 42.4 Å². The second-order valence-electron chi connectivity index (χ2n) is 9.29. The van der Waals surface area contributed by atoms with E-state index in [0.717, 1.165) is 41.8 Å². The van der Waals surface area contributed by atoms with Gasteiger partial charge in [0.25, 0.3) is 0 Å². The summed E-state index contributed by atoms with van der Waals surface area (Å²) in [6.45, 7) is 6.38. The Bertz CT molecular complexity index is 1250. The second-order valence-corrected chi connectivity index (χ2v) is 10.4. The normalized spacial score (nSPS) is 17.8. The van der Waals surface area contributed by atoms with Crippen LogP contribution in [0.4, 0.5) is 17.2 Å². The lowest BCUT2D eigenvalue weighted by atomic mass is 9.97. The first-order chi connectivity index (χ1) is 17.9. The van der Waals surface area contributed by atoms with Gasteiger partial charge in [0.05, 0.1) is 30.3 Å². The third-order valence-corrected chi connectivity index (χ3v) is 7.76. The lowest BCUT2D eigenvalue weighted by Crippen LogP contribution is -2.42. The van der Waals surface area contributed by atoms with Gasteiger partial charge in [-0.25, -0.2) is 9.97 Å². The summed E-state index contributed by atoms with van der Waals surface area (Å²) in [5.41, 5.74) is 15.0. The van der Waals surface area contributed by atoms with Crippen molar-refractivity contribution in [2.75, 3.05) is 37.4 Å². The maximum Gasteiger partial charge on any atom is 0.210 e. The van der Waals surface area contributed by atoms with Crippen LogP contribution in [0.25, 0.3) is 10.2 Å². The first-order valence-electron chi connectivity index (χ1n) is 12.6. The van der Waals surface area contributed by atoms with Crippen molar-refractivity contribution in [3.05, 3.63) is 34.5 Å². The Morgan fingerprint density at radius 2 is 2.16 bits per heavy atom. The molecule has 1 aliphatic heterocycles. The van der Waals surface area contributed by atoms with Crippen molar-refractivity contribution in [1.82, 2.24) is 14.9 Å². The molecule has 0 bridgehead atoms. The minimum atomic E-state index is -0.162. The molecule has 3 heterocycles. The van der Waals surface area contributed by atoms with E-state index in [1.807, 2.05) is 19.9 Å². The average molecular weight is 526 g/mol. The molecule has 1 saturated heterocycles. The number of morpholine rings is 1. The van der Waals surface area contributed by atoms with E-state index in [4.69, 9.17) is 26.4 Å². The summed E-state index contributed by atoms with van der Waals surface area (Å²) < 4.78 is 11.1. The second kappa shape index (κ2) is 12.3. The smallest absolute Gasteiger partial charge is 0.210 e. The highest BCUT2D eigenvalue weighted by Gasteiger charge is 2.21. The Balaban J connectivity index is 0.000000301. The lowest BCUT2D eigenvalue weighted by Gasteiger charge is -2.29. The van der Waals surface area contributed by atoms with Gasteiger partial charge in [-0.05, 0) is 51.2 Å². The summed E-state index contributed by atoms with van der Waals surface area (Å²) in [6, 6.07) is 3.81. The maximum atomic E-state index is 10.2. The van der Waals surface area contributed by atoms with E-state index < -0.39 is 0 Å². The van der Waals surface area contributed by atoms with Crippen molar-refractivity contribution >= 4 is 51.4 Å². The molecule has 0 spiro atoms. The number of anilines is 3. The molecule has 1 fully saturated rings. The molecule has 37 heavy (non-hydrogen) atoms. The Morgan fingerprint density at radius 3 is 2.86 bits per heavy atom. The fraction of sp³-hybridized carbons (Fsp3) is 0.462. The van der Waals surface area contributed by atoms with Crippen LogP contribution in [0, 0.1) is 5.41 Å².